The normalized spacial score (nSPS) is 10.7. The number of benzene rings is 1. The van der Waals surface area contributed by atoms with Crippen molar-refractivity contribution in [2.75, 3.05) is 5.73 Å². The number of nitrogen functional groups attached to an aromatic ring is 1. The molecule has 3 aromatic rings. The van der Waals surface area contributed by atoms with Crippen molar-refractivity contribution >= 4 is 22.2 Å². The molecule has 6 nitrogen and oxygen atoms in total. The molecule has 0 atom stereocenters. The third-order valence-electron chi connectivity index (χ3n) is 2.86. The van der Waals surface area contributed by atoms with E-state index in [1.54, 1.807) is 18.2 Å². The van der Waals surface area contributed by atoms with Gasteiger partial charge in [0.25, 0.3) is 0 Å². The predicted molar refractivity (Wildman–Crippen MR) is 76.3 cm³/mol. The van der Waals surface area contributed by atoms with Crippen LogP contribution in [-0.2, 0) is 0 Å². The standard InChI is InChI=1S/C13H8FN3O3S/c14-8-4-2-1-3-7(8)11-12(20-16-13(11)15)9-5-6-10(21-9)17(18)19/h1-6H,(H2,15,16). The van der Waals surface area contributed by atoms with E-state index in [4.69, 9.17) is 10.3 Å². The molecule has 0 unspecified atom stereocenters. The molecule has 1 aromatic carbocycles. The zero-order valence-electron chi connectivity index (χ0n) is 10.4. The van der Waals surface area contributed by atoms with E-state index in [2.05, 4.69) is 5.16 Å². The number of aromatic nitrogens is 1. The van der Waals surface area contributed by atoms with Crippen LogP contribution in [0, 0.1) is 15.9 Å². The fourth-order valence-electron chi connectivity index (χ4n) is 1.94. The lowest BCUT2D eigenvalue weighted by Crippen LogP contribution is -1.90. The number of nitrogens with zero attached hydrogens (tertiary/aromatic N) is 2. The van der Waals surface area contributed by atoms with Gasteiger partial charge in [0.1, 0.15) is 5.82 Å². The molecule has 0 saturated carbocycles. The van der Waals surface area contributed by atoms with Gasteiger partial charge in [0.2, 0.25) is 0 Å². The Labute approximate surface area is 121 Å². The molecule has 0 aliphatic heterocycles. The summed E-state index contributed by atoms with van der Waals surface area (Å²) in [5.74, 6) is -0.221. The van der Waals surface area contributed by atoms with Gasteiger partial charge in [-0.05, 0) is 12.1 Å². The summed E-state index contributed by atoms with van der Waals surface area (Å²) >= 11 is 0.911. The van der Waals surface area contributed by atoms with Gasteiger partial charge in [-0.3, -0.25) is 10.1 Å². The summed E-state index contributed by atoms with van der Waals surface area (Å²) in [7, 11) is 0. The first-order chi connectivity index (χ1) is 10.1. The minimum Gasteiger partial charge on any atom is -0.380 e. The molecule has 0 aliphatic carbocycles. The molecule has 2 aromatic heterocycles. The number of hydrogen-bond donors (Lipinski definition) is 1. The molecular formula is C13H8FN3O3S. The van der Waals surface area contributed by atoms with Crippen LogP contribution in [0.4, 0.5) is 15.2 Å². The Morgan fingerprint density at radius 3 is 2.71 bits per heavy atom. The summed E-state index contributed by atoms with van der Waals surface area (Å²) in [6, 6.07) is 8.92. The highest BCUT2D eigenvalue weighted by Gasteiger charge is 2.23. The first-order valence-corrected chi connectivity index (χ1v) is 6.64. The van der Waals surface area contributed by atoms with Crippen molar-refractivity contribution in [3.63, 3.8) is 0 Å². The van der Waals surface area contributed by atoms with Gasteiger partial charge in [0, 0.05) is 11.6 Å². The Bertz CT molecular complexity index is 828. The Balaban J connectivity index is 2.17. The van der Waals surface area contributed by atoms with Crippen LogP contribution in [0.3, 0.4) is 0 Å². The smallest absolute Gasteiger partial charge is 0.324 e. The summed E-state index contributed by atoms with van der Waals surface area (Å²) in [4.78, 5) is 10.7. The van der Waals surface area contributed by atoms with Crippen LogP contribution in [-0.4, -0.2) is 10.1 Å². The second kappa shape index (κ2) is 4.98. The summed E-state index contributed by atoms with van der Waals surface area (Å²) in [5, 5.41) is 14.3. The van der Waals surface area contributed by atoms with Gasteiger partial charge in [0.15, 0.2) is 11.6 Å². The van der Waals surface area contributed by atoms with E-state index in [-0.39, 0.29) is 22.1 Å². The molecule has 0 spiro atoms. The van der Waals surface area contributed by atoms with Crippen LogP contribution in [0.2, 0.25) is 0 Å². The predicted octanol–water partition coefficient (Wildman–Crippen LogP) is 3.70. The van der Waals surface area contributed by atoms with Crippen LogP contribution < -0.4 is 5.73 Å². The molecule has 0 radical (unpaired) electrons. The van der Waals surface area contributed by atoms with Crippen molar-refractivity contribution in [3.05, 3.63) is 52.3 Å². The van der Waals surface area contributed by atoms with E-state index >= 15 is 0 Å². The summed E-state index contributed by atoms with van der Waals surface area (Å²) in [6.45, 7) is 0. The van der Waals surface area contributed by atoms with Crippen molar-refractivity contribution in [2.24, 2.45) is 0 Å². The third-order valence-corrected chi connectivity index (χ3v) is 3.89. The second-order valence-corrected chi connectivity index (χ2v) is 5.21. The van der Waals surface area contributed by atoms with Crippen molar-refractivity contribution in [1.29, 1.82) is 0 Å². The molecule has 0 amide bonds. The first-order valence-electron chi connectivity index (χ1n) is 5.82. The molecule has 0 bridgehead atoms. The zero-order chi connectivity index (χ0) is 15.0. The number of anilines is 1. The highest BCUT2D eigenvalue weighted by atomic mass is 32.1. The van der Waals surface area contributed by atoms with Gasteiger partial charge in [0.05, 0.1) is 15.4 Å². The van der Waals surface area contributed by atoms with Gasteiger partial charge in [-0.15, -0.1) is 0 Å². The fraction of sp³-hybridized carbons (Fsp3) is 0. The molecule has 2 N–H and O–H groups in total. The maximum Gasteiger partial charge on any atom is 0.324 e. The largest absolute Gasteiger partial charge is 0.380 e. The number of halogens is 1. The SMILES string of the molecule is Nc1noc(-c2ccc([N+](=O)[O-])s2)c1-c1ccccc1F. The molecule has 8 heteroatoms. The van der Waals surface area contributed by atoms with E-state index in [1.165, 1.54) is 18.2 Å². The van der Waals surface area contributed by atoms with E-state index in [9.17, 15) is 14.5 Å². The number of thiophene rings is 1. The summed E-state index contributed by atoms with van der Waals surface area (Å²) in [5.41, 5.74) is 6.28. The Morgan fingerprint density at radius 1 is 1.29 bits per heavy atom. The zero-order valence-corrected chi connectivity index (χ0v) is 11.3. The number of rotatable bonds is 3. The maximum absolute atomic E-state index is 13.9. The molecule has 21 heavy (non-hydrogen) atoms. The molecule has 0 fully saturated rings. The lowest BCUT2D eigenvalue weighted by molar-refractivity contribution is -0.380. The van der Waals surface area contributed by atoms with E-state index in [0.29, 0.717) is 10.4 Å². The monoisotopic (exact) mass is 305 g/mol. The van der Waals surface area contributed by atoms with Crippen LogP contribution in [0.15, 0.2) is 40.9 Å². The molecule has 106 valence electrons. The van der Waals surface area contributed by atoms with E-state index < -0.39 is 10.7 Å². The lowest BCUT2D eigenvalue weighted by Gasteiger charge is -2.02. The molecule has 3 rings (SSSR count). The Hall–Kier alpha value is -2.74. The van der Waals surface area contributed by atoms with Crippen molar-refractivity contribution in [3.8, 4) is 21.8 Å². The topological polar surface area (TPSA) is 95.2 Å². The molecule has 0 saturated heterocycles. The van der Waals surface area contributed by atoms with Gasteiger partial charge in [-0.2, -0.15) is 0 Å². The van der Waals surface area contributed by atoms with Crippen molar-refractivity contribution in [2.45, 2.75) is 0 Å². The average molecular weight is 305 g/mol. The van der Waals surface area contributed by atoms with Crippen LogP contribution in [0.1, 0.15) is 0 Å². The fourth-order valence-corrected chi connectivity index (χ4v) is 2.75. The van der Waals surface area contributed by atoms with Gasteiger partial charge in [-0.25, -0.2) is 4.39 Å². The summed E-state index contributed by atoms with van der Waals surface area (Å²) < 4.78 is 19.1. The lowest BCUT2D eigenvalue weighted by atomic mass is 10.0. The minimum absolute atomic E-state index is 0.0335. The van der Waals surface area contributed by atoms with Crippen LogP contribution in [0.5, 0.6) is 0 Å². The number of hydrogen-bond acceptors (Lipinski definition) is 6. The third kappa shape index (κ3) is 2.25. The van der Waals surface area contributed by atoms with E-state index in [0.717, 1.165) is 11.3 Å². The Morgan fingerprint density at radius 2 is 2.05 bits per heavy atom. The quantitative estimate of drug-likeness (QED) is 0.588. The number of nitro groups is 1. The second-order valence-electron chi connectivity index (χ2n) is 4.15. The average Bonchev–Trinajstić information content (AvgIpc) is 3.06. The number of nitrogens with two attached hydrogens (primary N) is 1. The van der Waals surface area contributed by atoms with Gasteiger partial charge < -0.3 is 10.3 Å². The van der Waals surface area contributed by atoms with E-state index in [1.807, 2.05) is 0 Å². The van der Waals surface area contributed by atoms with Crippen molar-refractivity contribution in [1.82, 2.24) is 5.16 Å². The van der Waals surface area contributed by atoms with Crippen molar-refractivity contribution < 1.29 is 13.8 Å². The Kier molecular flexibility index (Phi) is 3.15. The highest BCUT2D eigenvalue weighted by molar-refractivity contribution is 7.18. The molecule has 0 aliphatic rings. The molecular weight excluding hydrogens is 297 g/mol. The first kappa shape index (κ1) is 13.3. The molecule has 2 heterocycles. The van der Waals surface area contributed by atoms with Gasteiger partial charge in [-0.1, -0.05) is 34.7 Å². The maximum atomic E-state index is 13.9. The minimum atomic E-state index is -0.503. The van der Waals surface area contributed by atoms with Crippen LogP contribution in [0.25, 0.3) is 21.8 Å². The van der Waals surface area contributed by atoms with Crippen LogP contribution >= 0.6 is 11.3 Å². The summed E-state index contributed by atoms with van der Waals surface area (Å²) in [6.07, 6.45) is 0. The van der Waals surface area contributed by atoms with Gasteiger partial charge >= 0.3 is 5.00 Å². The highest BCUT2D eigenvalue weighted by Crippen LogP contribution is 2.41.